The fourth-order valence-corrected chi connectivity index (χ4v) is 3.34. The lowest BCUT2D eigenvalue weighted by molar-refractivity contribution is 0.0693. The number of halogens is 2. The molecule has 150 valence electrons. The third-order valence-corrected chi connectivity index (χ3v) is 4.82. The molecule has 0 saturated heterocycles. The van der Waals surface area contributed by atoms with Crippen molar-refractivity contribution in [3.63, 3.8) is 0 Å². The summed E-state index contributed by atoms with van der Waals surface area (Å²) in [4.78, 5) is 16.6. The van der Waals surface area contributed by atoms with E-state index in [-0.39, 0.29) is 12.2 Å². The van der Waals surface area contributed by atoms with Gasteiger partial charge in [-0.3, -0.25) is 4.98 Å². The third kappa shape index (κ3) is 5.49. The van der Waals surface area contributed by atoms with Crippen molar-refractivity contribution in [2.45, 2.75) is 26.9 Å². The molecule has 1 aromatic heterocycles. The van der Waals surface area contributed by atoms with Crippen molar-refractivity contribution < 1.29 is 14.6 Å². The largest absolute Gasteiger partial charge is 0.487 e. The molecule has 3 rings (SSSR count). The average molecular weight is 430 g/mol. The van der Waals surface area contributed by atoms with E-state index < -0.39 is 5.97 Å². The van der Waals surface area contributed by atoms with E-state index in [1.807, 2.05) is 18.2 Å². The number of hydrogen-bond acceptors (Lipinski definition) is 3. The van der Waals surface area contributed by atoms with Crippen molar-refractivity contribution in [3.8, 4) is 16.9 Å². The average Bonchev–Trinajstić information content (AvgIpc) is 2.67. The first-order chi connectivity index (χ1) is 13.8. The Morgan fingerprint density at radius 2 is 1.76 bits per heavy atom. The van der Waals surface area contributed by atoms with Gasteiger partial charge >= 0.3 is 5.97 Å². The standard InChI is InChI=1S/C23H21Cl2NO3/c1-14(2)10-21-19(15-4-3-5-17(25)11-15)12-20(23(27)28)22(26-21)13-29-18-8-6-16(24)7-9-18/h3-9,11-12,14H,10,13H2,1-2H3,(H,27,28). The van der Waals surface area contributed by atoms with E-state index in [0.29, 0.717) is 33.8 Å². The number of ether oxygens (including phenoxy) is 1. The molecule has 0 aliphatic heterocycles. The summed E-state index contributed by atoms with van der Waals surface area (Å²) in [5.41, 5.74) is 2.93. The highest BCUT2D eigenvalue weighted by Gasteiger charge is 2.19. The van der Waals surface area contributed by atoms with Crippen LogP contribution in [0, 0.1) is 5.92 Å². The van der Waals surface area contributed by atoms with E-state index in [4.69, 9.17) is 32.9 Å². The van der Waals surface area contributed by atoms with Gasteiger partial charge in [0.15, 0.2) is 0 Å². The lowest BCUT2D eigenvalue weighted by Crippen LogP contribution is -2.12. The first-order valence-electron chi connectivity index (χ1n) is 9.24. The maximum Gasteiger partial charge on any atom is 0.337 e. The summed E-state index contributed by atoms with van der Waals surface area (Å²) in [6.07, 6.45) is 0.704. The molecule has 6 heteroatoms. The van der Waals surface area contributed by atoms with Crippen LogP contribution in [0.4, 0.5) is 0 Å². The number of carbonyl (C=O) groups is 1. The Hall–Kier alpha value is -2.56. The molecule has 0 aliphatic carbocycles. The summed E-state index contributed by atoms with van der Waals surface area (Å²) < 4.78 is 5.76. The van der Waals surface area contributed by atoms with Gasteiger partial charge in [0.05, 0.1) is 11.3 Å². The highest BCUT2D eigenvalue weighted by Crippen LogP contribution is 2.29. The molecule has 29 heavy (non-hydrogen) atoms. The van der Waals surface area contributed by atoms with Crippen molar-refractivity contribution >= 4 is 29.2 Å². The Balaban J connectivity index is 2.03. The topological polar surface area (TPSA) is 59.4 Å². The maximum atomic E-state index is 11.9. The van der Waals surface area contributed by atoms with E-state index in [1.54, 1.807) is 36.4 Å². The fourth-order valence-electron chi connectivity index (χ4n) is 3.02. The number of benzene rings is 2. The minimum Gasteiger partial charge on any atom is -0.487 e. The van der Waals surface area contributed by atoms with Crippen molar-refractivity contribution in [1.82, 2.24) is 4.98 Å². The first kappa shape index (κ1) is 21.2. The van der Waals surface area contributed by atoms with Crippen LogP contribution in [0.3, 0.4) is 0 Å². The number of carboxylic acid groups (broad SMARTS) is 1. The Kier molecular flexibility index (Phi) is 6.78. The lowest BCUT2D eigenvalue weighted by Gasteiger charge is -2.16. The minimum atomic E-state index is -1.05. The molecule has 1 heterocycles. The van der Waals surface area contributed by atoms with Crippen LogP contribution in [0.1, 0.15) is 35.6 Å². The van der Waals surface area contributed by atoms with Crippen LogP contribution < -0.4 is 4.74 Å². The van der Waals surface area contributed by atoms with Gasteiger partial charge in [-0.05, 0) is 60.4 Å². The fraction of sp³-hybridized carbons (Fsp3) is 0.217. The van der Waals surface area contributed by atoms with Crippen LogP contribution in [0.2, 0.25) is 10.0 Å². The molecule has 0 spiro atoms. The van der Waals surface area contributed by atoms with E-state index in [0.717, 1.165) is 16.8 Å². The van der Waals surface area contributed by atoms with E-state index in [2.05, 4.69) is 13.8 Å². The number of pyridine rings is 1. The Bertz CT molecular complexity index is 1020. The summed E-state index contributed by atoms with van der Waals surface area (Å²) in [5, 5.41) is 11.0. The molecule has 0 fully saturated rings. The monoisotopic (exact) mass is 429 g/mol. The number of rotatable bonds is 7. The quantitative estimate of drug-likeness (QED) is 0.463. The van der Waals surface area contributed by atoms with Crippen LogP contribution in [0.5, 0.6) is 5.75 Å². The van der Waals surface area contributed by atoms with Crippen molar-refractivity contribution in [2.24, 2.45) is 5.92 Å². The number of nitrogens with zero attached hydrogens (tertiary/aromatic N) is 1. The van der Waals surface area contributed by atoms with Gasteiger partial charge < -0.3 is 9.84 Å². The molecule has 1 N–H and O–H groups in total. The van der Waals surface area contributed by atoms with Crippen LogP contribution in [0.15, 0.2) is 54.6 Å². The Morgan fingerprint density at radius 3 is 2.38 bits per heavy atom. The maximum absolute atomic E-state index is 11.9. The molecule has 0 aliphatic rings. The zero-order chi connectivity index (χ0) is 21.0. The summed E-state index contributed by atoms with van der Waals surface area (Å²) in [6, 6.07) is 15.9. The Labute approximate surface area is 180 Å². The molecule has 0 saturated carbocycles. The molecule has 0 unspecified atom stereocenters. The molecule has 0 atom stereocenters. The number of aromatic carboxylic acids is 1. The smallest absolute Gasteiger partial charge is 0.337 e. The second kappa shape index (κ2) is 9.29. The molecular weight excluding hydrogens is 409 g/mol. The van der Waals surface area contributed by atoms with Gasteiger partial charge in [-0.25, -0.2) is 4.79 Å². The SMILES string of the molecule is CC(C)Cc1nc(COc2ccc(Cl)cc2)c(C(=O)O)cc1-c1cccc(Cl)c1. The van der Waals surface area contributed by atoms with Crippen molar-refractivity contribution in [2.75, 3.05) is 0 Å². The van der Waals surface area contributed by atoms with Gasteiger partial charge in [0.25, 0.3) is 0 Å². The number of aromatic nitrogens is 1. The van der Waals surface area contributed by atoms with Gasteiger partial charge in [0.2, 0.25) is 0 Å². The summed E-state index contributed by atoms with van der Waals surface area (Å²) in [6.45, 7) is 4.24. The normalized spacial score (nSPS) is 10.9. The zero-order valence-corrected chi connectivity index (χ0v) is 17.7. The Morgan fingerprint density at radius 1 is 1.03 bits per heavy atom. The minimum absolute atomic E-state index is 0.0458. The zero-order valence-electron chi connectivity index (χ0n) is 16.2. The summed E-state index contributed by atoms with van der Waals surface area (Å²) >= 11 is 12.0. The van der Waals surface area contributed by atoms with Crippen LogP contribution in [-0.4, -0.2) is 16.1 Å². The predicted molar refractivity (Wildman–Crippen MR) is 116 cm³/mol. The molecule has 0 amide bonds. The van der Waals surface area contributed by atoms with Crippen LogP contribution in [-0.2, 0) is 13.0 Å². The molecule has 0 radical (unpaired) electrons. The summed E-state index contributed by atoms with van der Waals surface area (Å²) in [5.74, 6) is -0.107. The lowest BCUT2D eigenvalue weighted by atomic mass is 9.95. The van der Waals surface area contributed by atoms with Crippen molar-refractivity contribution in [3.05, 3.63) is 81.6 Å². The highest BCUT2D eigenvalue weighted by molar-refractivity contribution is 6.31. The molecule has 0 bridgehead atoms. The van der Waals surface area contributed by atoms with E-state index in [1.165, 1.54) is 0 Å². The third-order valence-electron chi connectivity index (χ3n) is 4.34. The first-order valence-corrected chi connectivity index (χ1v) is 9.99. The van der Waals surface area contributed by atoms with Crippen LogP contribution in [0.25, 0.3) is 11.1 Å². The van der Waals surface area contributed by atoms with Gasteiger partial charge in [0, 0.05) is 21.3 Å². The van der Waals surface area contributed by atoms with Gasteiger partial charge in [-0.2, -0.15) is 0 Å². The van der Waals surface area contributed by atoms with E-state index >= 15 is 0 Å². The van der Waals surface area contributed by atoms with Gasteiger partial charge in [-0.15, -0.1) is 0 Å². The molecule has 2 aromatic carbocycles. The predicted octanol–water partition coefficient (Wildman–Crippen LogP) is 6.53. The second-order valence-corrected chi connectivity index (χ2v) is 8.01. The van der Waals surface area contributed by atoms with Crippen molar-refractivity contribution in [1.29, 1.82) is 0 Å². The number of hydrogen-bond donors (Lipinski definition) is 1. The molecule has 3 aromatic rings. The molecule has 4 nitrogen and oxygen atoms in total. The summed E-state index contributed by atoms with van der Waals surface area (Å²) in [7, 11) is 0. The second-order valence-electron chi connectivity index (χ2n) is 7.13. The number of carboxylic acids is 1. The highest BCUT2D eigenvalue weighted by atomic mass is 35.5. The van der Waals surface area contributed by atoms with Gasteiger partial charge in [0.1, 0.15) is 12.4 Å². The van der Waals surface area contributed by atoms with Crippen LogP contribution >= 0.6 is 23.2 Å². The van der Waals surface area contributed by atoms with E-state index in [9.17, 15) is 9.90 Å². The van der Waals surface area contributed by atoms with Gasteiger partial charge in [-0.1, -0.05) is 49.2 Å². The molecular formula is C23H21Cl2NO3.